The molecule has 112 valence electrons. The topological polar surface area (TPSA) is 38.8 Å². The Morgan fingerprint density at radius 3 is 2.76 bits per heavy atom. The molecule has 0 bridgehead atoms. The molecule has 0 atom stereocenters. The van der Waals surface area contributed by atoms with E-state index in [2.05, 4.69) is 22.0 Å². The Kier molecular flexibility index (Phi) is 3.28. The van der Waals surface area contributed by atoms with E-state index >= 15 is 0 Å². The van der Waals surface area contributed by atoms with E-state index in [-0.39, 0.29) is 6.09 Å². The molecule has 2 heterocycles. The fraction of sp³-hybridized carbons (Fsp3) is 0.438. The second-order valence-corrected chi connectivity index (χ2v) is 7.43. The average molecular weight is 352 g/mol. The van der Waals surface area contributed by atoms with Gasteiger partial charge in [0.25, 0.3) is 0 Å². The van der Waals surface area contributed by atoms with E-state index in [0.29, 0.717) is 13.1 Å². The maximum absolute atomic E-state index is 12.0. The van der Waals surface area contributed by atoms with Gasteiger partial charge in [-0.05, 0) is 45.0 Å². The Hall–Kier alpha value is -1.49. The number of halogens is 1. The molecular weight excluding hydrogens is 334 g/mol. The molecule has 1 fully saturated rings. The Balaban J connectivity index is 1.67. The summed E-state index contributed by atoms with van der Waals surface area (Å²) in [4.78, 5) is 13.6. The van der Waals surface area contributed by atoms with Gasteiger partial charge in [0, 0.05) is 10.0 Å². The van der Waals surface area contributed by atoms with Gasteiger partial charge in [0.1, 0.15) is 11.4 Å². The molecule has 1 aromatic carbocycles. The summed E-state index contributed by atoms with van der Waals surface area (Å²) in [5.74, 6) is 0.851. The molecule has 2 aliphatic rings. The van der Waals surface area contributed by atoms with Crippen LogP contribution >= 0.6 is 15.9 Å². The minimum absolute atomic E-state index is 0.285. The molecular formula is C16H18BrNO3. The summed E-state index contributed by atoms with van der Waals surface area (Å²) in [6.07, 6.45) is 3.80. The van der Waals surface area contributed by atoms with Crippen molar-refractivity contribution in [3.8, 4) is 5.75 Å². The van der Waals surface area contributed by atoms with Gasteiger partial charge in [0.05, 0.1) is 13.1 Å². The van der Waals surface area contributed by atoms with E-state index < -0.39 is 11.2 Å². The molecule has 3 rings (SSSR count). The molecule has 1 amide bonds. The molecule has 0 unspecified atom stereocenters. The van der Waals surface area contributed by atoms with Crippen LogP contribution in [0, 0.1) is 0 Å². The van der Waals surface area contributed by atoms with Crippen molar-refractivity contribution < 1.29 is 14.3 Å². The molecule has 2 aliphatic heterocycles. The lowest BCUT2D eigenvalue weighted by molar-refractivity contribution is -0.0563. The summed E-state index contributed by atoms with van der Waals surface area (Å²) in [7, 11) is 0. The minimum Gasteiger partial charge on any atom is -0.479 e. The third-order valence-electron chi connectivity index (χ3n) is 3.42. The van der Waals surface area contributed by atoms with Gasteiger partial charge in [-0.25, -0.2) is 4.79 Å². The summed E-state index contributed by atoms with van der Waals surface area (Å²) in [6.45, 7) is 6.64. The maximum Gasteiger partial charge on any atom is 0.410 e. The van der Waals surface area contributed by atoms with Crippen LogP contribution in [0.15, 0.2) is 28.7 Å². The van der Waals surface area contributed by atoms with Gasteiger partial charge in [-0.2, -0.15) is 0 Å². The van der Waals surface area contributed by atoms with E-state index in [1.165, 1.54) is 0 Å². The Morgan fingerprint density at radius 1 is 1.38 bits per heavy atom. The number of nitrogens with zero attached hydrogens (tertiary/aromatic N) is 1. The molecule has 1 aromatic rings. The number of carbonyl (C=O) groups excluding carboxylic acids is 1. The van der Waals surface area contributed by atoms with Crippen LogP contribution < -0.4 is 4.74 Å². The van der Waals surface area contributed by atoms with E-state index in [1.54, 1.807) is 4.90 Å². The number of rotatable bonds is 0. The highest BCUT2D eigenvalue weighted by Crippen LogP contribution is 2.37. The van der Waals surface area contributed by atoms with E-state index in [9.17, 15) is 4.79 Å². The maximum atomic E-state index is 12.0. The summed E-state index contributed by atoms with van der Waals surface area (Å²) in [5.41, 5.74) is 0.172. The van der Waals surface area contributed by atoms with Crippen molar-refractivity contribution in [1.29, 1.82) is 0 Å². The third kappa shape index (κ3) is 2.93. The van der Waals surface area contributed by atoms with Crippen LogP contribution in [-0.2, 0) is 4.74 Å². The molecule has 0 N–H and O–H groups in total. The Labute approximate surface area is 132 Å². The zero-order valence-electron chi connectivity index (χ0n) is 12.4. The van der Waals surface area contributed by atoms with Crippen molar-refractivity contribution in [3.63, 3.8) is 0 Å². The lowest BCUT2D eigenvalue weighted by atomic mass is 9.90. The number of hydrogen-bond donors (Lipinski definition) is 0. The number of fused-ring (bicyclic) bond motifs is 1. The number of carbonyl (C=O) groups is 1. The first-order chi connectivity index (χ1) is 9.76. The zero-order valence-corrected chi connectivity index (χ0v) is 13.9. The summed E-state index contributed by atoms with van der Waals surface area (Å²) in [5, 5.41) is 0. The standard InChI is InChI=1S/C16H18BrNO3/c1-15(2,3)21-14(19)18-9-16(10-18)7-6-11-8-12(17)4-5-13(11)20-16/h4-8H,9-10H2,1-3H3. The summed E-state index contributed by atoms with van der Waals surface area (Å²) < 4.78 is 12.4. The van der Waals surface area contributed by atoms with Crippen molar-refractivity contribution in [3.05, 3.63) is 34.3 Å². The molecule has 5 heteroatoms. The van der Waals surface area contributed by atoms with Crippen molar-refractivity contribution in [1.82, 2.24) is 4.90 Å². The fourth-order valence-electron chi connectivity index (χ4n) is 2.46. The first-order valence-corrected chi connectivity index (χ1v) is 7.71. The van der Waals surface area contributed by atoms with Gasteiger partial charge in [0.2, 0.25) is 0 Å². The molecule has 0 radical (unpaired) electrons. The molecule has 1 saturated heterocycles. The quantitative estimate of drug-likeness (QED) is 0.712. The number of amides is 1. The molecule has 1 spiro atoms. The lowest BCUT2D eigenvalue weighted by Gasteiger charge is -2.49. The fourth-order valence-corrected chi connectivity index (χ4v) is 2.84. The van der Waals surface area contributed by atoms with Gasteiger partial charge in [-0.1, -0.05) is 22.0 Å². The molecule has 0 aromatic heterocycles. The number of ether oxygens (including phenoxy) is 2. The van der Waals surface area contributed by atoms with E-state index in [4.69, 9.17) is 9.47 Å². The van der Waals surface area contributed by atoms with Crippen molar-refractivity contribution in [2.45, 2.75) is 32.0 Å². The first kappa shape index (κ1) is 14.4. The number of likely N-dealkylation sites (tertiary alicyclic amines) is 1. The predicted octanol–water partition coefficient (Wildman–Crippen LogP) is 3.84. The third-order valence-corrected chi connectivity index (χ3v) is 3.91. The molecule has 0 saturated carbocycles. The first-order valence-electron chi connectivity index (χ1n) is 6.92. The van der Waals surface area contributed by atoms with Crippen molar-refractivity contribution >= 4 is 28.1 Å². The monoisotopic (exact) mass is 351 g/mol. The smallest absolute Gasteiger partial charge is 0.410 e. The second kappa shape index (κ2) is 4.77. The Morgan fingerprint density at radius 2 is 2.10 bits per heavy atom. The average Bonchev–Trinajstić information content (AvgIpc) is 2.33. The van der Waals surface area contributed by atoms with Gasteiger partial charge in [-0.3, -0.25) is 4.90 Å². The van der Waals surface area contributed by atoms with Crippen LogP contribution in [0.5, 0.6) is 5.75 Å². The van der Waals surface area contributed by atoms with Crippen molar-refractivity contribution in [2.24, 2.45) is 0 Å². The highest BCUT2D eigenvalue weighted by atomic mass is 79.9. The van der Waals surface area contributed by atoms with Crippen LogP contribution in [-0.4, -0.2) is 35.3 Å². The largest absolute Gasteiger partial charge is 0.479 e. The van der Waals surface area contributed by atoms with Crippen LogP contribution in [0.25, 0.3) is 6.08 Å². The minimum atomic E-state index is -0.470. The van der Waals surface area contributed by atoms with Crippen molar-refractivity contribution in [2.75, 3.05) is 13.1 Å². The SMILES string of the molecule is CC(C)(C)OC(=O)N1CC2(C=Cc3cc(Br)ccc3O2)C1. The van der Waals surface area contributed by atoms with Crippen LogP contribution in [0.3, 0.4) is 0 Å². The number of hydrogen-bond acceptors (Lipinski definition) is 3. The predicted molar refractivity (Wildman–Crippen MR) is 84.3 cm³/mol. The molecule has 0 aliphatic carbocycles. The summed E-state index contributed by atoms with van der Waals surface area (Å²) >= 11 is 3.45. The lowest BCUT2D eigenvalue weighted by Crippen LogP contribution is -2.66. The van der Waals surface area contributed by atoms with Gasteiger partial charge >= 0.3 is 6.09 Å². The van der Waals surface area contributed by atoms with E-state index in [0.717, 1.165) is 15.8 Å². The number of benzene rings is 1. The summed E-state index contributed by atoms with van der Waals surface area (Å²) in [6, 6.07) is 5.92. The van der Waals surface area contributed by atoms with Gasteiger partial charge < -0.3 is 9.47 Å². The van der Waals surface area contributed by atoms with Gasteiger partial charge in [-0.15, -0.1) is 0 Å². The van der Waals surface area contributed by atoms with Crippen LogP contribution in [0.1, 0.15) is 26.3 Å². The van der Waals surface area contributed by atoms with E-state index in [1.807, 2.05) is 45.0 Å². The molecule has 4 nitrogen and oxygen atoms in total. The second-order valence-electron chi connectivity index (χ2n) is 6.52. The highest BCUT2D eigenvalue weighted by Gasteiger charge is 2.48. The van der Waals surface area contributed by atoms with Crippen LogP contribution in [0.4, 0.5) is 4.79 Å². The van der Waals surface area contributed by atoms with Gasteiger partial charge in [0.15, 0.2) is 5.60 Å². The van der Waals surface area contributed by atoms with Crippen LogP contribution in [0.2, 0.25) is 0 Å². The highest BCUT2D eigenvalue weighted by molar-refractivity contribution is 9.10. The normalized spacial score (nSPS) is 18.8. The molecule has 21 heavy (non-hydrogen) atoms. The Bertz CT molecular complexity index is 612. The zero-order chi connectivity index (χ0) is 15.3.